The number of ether oxygens (including phenoxy) is 1. The van der Waals surface area contributed by atoms with Crippen LogP contribution < -0.4 is 5.73 Å². The molecule has 1 amide bonds. The molecule has 1 saturated heterocycles. The number of hydrogen-bond acceptors (Lipinski definition) is 5. The second-order valence-electron chi connectivity index (χ2n) is 1.91. The van der Waals surface area contributed by atoms with Gasteiger partial charge in [0.2, 0.25) is 0 Å². The van der Waals surface area contributed by atoms with Gasteiger partial charge in [-0.3, -0.25) is 4.84 Å². The van der Waals surface area contributed by atoms with E-state index in [-0.39, 0.29) is 6.10 Å². The standard InChI is InChI=1S/C5H8N2O3S/c1-3-4(11-2-9-3)7-10-5(6)8/h3H,2H2,1H3,(H2,6,8)/b7-4+. The van der Waals surface area contributed by atoms with E-state index in [4.69, 9.17) is 10.5 Å². The van der Waals surface area contributed by atoms with Crippen molar-refractivity contribution in [2.45, 2.75) is 13.0 Å². The Kier molecular flexibility index (Phi) is 2.72. The van der Waals surface area contributed by atoms with E-state index < -0.39 is 6.09 Å². The van der Waals surface area contributed by atoms with Gasteiger partial charge in [0, 0.05) is 0 Å². The van der Waals surface area contributed by atoms with Crippen LogP contribution in [0.4, 0.5) is 4.79 Å². The second kappa shape index (κ2) is 3.59. The number of carbonyl (C=O) groups is 1. The molecule has 0 aromatic heterocycles. The molecule has 2 N–H and O–H groups in total. The summed E-state index contributed by atoms with van der Waals surface area (Å²) in [5.41, 5.74) is 4.70. The third-order valence-corrected chi connectivity index (χ3v) is 2.05. The lowest BCUT2D eigenvalue weighted by Crippen LogP contribution is -2.13. The maximum Gasteiger partial charge on any atom is 0.430 e. The highest BCUT2D eigenvalue weighted by atomic mass is 32.2. The van der Waals surface area contributed by atoms with E-state index in [1.54, 1.807) is 0 Å². The van der Waals surface area contributed by atoms with E-state index in [1.807, 2.05) is 6.92 Å². The van der Waals surface area contributed by atoms with Gasteiger partial charge in [0.1, 0.15) is 11.1 Å². The predicted octanol–water partition coefficient (Wildman–Crippen LogP) is 0.505. The monoisotopic (exact) mass is 176 g/mol. The molecule has 0 bridgehead atoms. The number of primary amides is 1. The average molecular weight is 176 g/mol. The summed E-state index contributed by atoms with van der Waals surface area (Å²) in [6.07, 6.45) is -1.00. The molecule has 1 atom stereocenters. The highest BCUT2D eigenvalue weighted by Gasteiger charge is 2.20. The van der Waals surface area contributed by atoms with Gasteiger partial charge in [-0.25, -0.2) is 4.79 Å². The van der Waals surface area contributed by atoms with Gasteiger partial charge in [-0.15, -0.1) is 0 Å². The first-order valence-electron chi connectivity index (χ1n) is 2.99. The van der Waals surface area contributed by atoms with Crippen LogP contribution in [0.25, 0.3) is 0 Å². The number of carbonyl (C=O) groups excluding carboxylic acids is 1. The van der Waals surface area contributed by atoms with Crippen molar-refractivity contribution in [3.63, 3.8) is 0 Å². The largest absolute Gasteiger partial charge is 0.430 e. The highest BCUT2D eigenvalue weighted by molar-refractivity contribution is 8.14. The van der Waals surface area contributed by atoms with Crippen molar-refractivity contribution in [2.75, 3.05) is 5.94 Å². The zero-order valence-corrected chi connectivity index (χ0v) is 6.76. The maximum absolute atomic E-state index is 10.1. The van der Waals surface area contributed by atoms with Crippen LogP contribution in [-0.2, 0) is 9.57 Å². The van der Waals surface area contributed by atoms with E-state index in [0.29, 0.717) is 11.0 Å². The lowest BCUT2D eigenvalue weighted by Gasteiger charge is -1.98. The van der Waals surface area contributed by atoms with Gasteiger partial charge < -0.3 is 10.5 Å². The number of amides is 1. The van der Waals surface area contributed by atoms with Crippen LogP contribution in [0.1, 0.15) is 6.92 Å². The molecule has 1 aliphatic heterocycles. The van der Waals surface area contributed by atoms with Crippen molar-refractivity contribution in [3.8, 4) is 0 Å². The summed E-state index contributed by atoms with van der Waals surface area (Å²) < 4.78 is 5.10. The van der Waals surface area contributed by atoms with Crippen LogP contribution in [0.2, 0.25) is 0 Å². The first-order valence-corrected chi connectivity index (χ1v) is 3.97. The molecule has 0 aliphatic carbocycles. The molecule has 0 spiro atoms. The van der Waals surface area contributed by atoms with Gasteiger partial charge in [0.15, 0.2) is 0 Å². The molecular formula is C5H8N2O3S. The maximum atomic E-state index is 10.1. The van der Waals surface area contributed by atoms with Crippen molar-refractivity contribution in [1.29, 1.82) is 0 Å². The van der Waals surface area contributed by atoms with E-state index in [9.17, 15) is 4.79 Å². The summed E-state index contributed by atoms with van der Waals surface area (Å²) in [7, 11) is 0. The summed E-state index contributed by atoms with van der Waals surface area (Å²) in [6, 6.07) is 0. The quantitative estimate of drug-likeness (QED) is 0.466. The number of rotatable bonds is 1. The Hall–Kier alpha value is -0.750. The van der Waals surface area contributed by atoms with E-state index in [0.717, 1.165) is 0 Å². The van der Waals surface area contributed by atoms with Crippen LogP contribution in [0.15, 0.2) is 5.16 Å². The molecule has 5 nitrogen and oxygen atoms in total. The van der Waals surface area contributed by atoms with Crippen LogP contribution in [-0.4, -0.2) is 23.2 Å². The predicted molar refractivity (Wildman–Crippen MR) is 41.1 cm³/mol. The lowest BCUT2D eigenvalue weighted by molar-refractivity contribution is 0.150. The Bertz CT molecular complexity index is 194. The molecule has 6 heteroatoms. The first-order chi connectivity index (χ1) is 5.20. The summed E-state index contributed by atoms with van der Waals surface area (Å²) in [4.78, 5) is 14.3. The number of oxime groups is 1. The smallest absolute Gasteiger partial charge is 0.361 e. The summed E-state index contributed by atoms with van der Waals surface area (Å²) >= 11 is 1.39. The number of thioether (sulfide) groups is 1. The topological polar surface area (TPSA) is 73.9 Å². The fourth-order valence-corrected chi connectivity index (χ4v) is 1.36. The van der Waals surface area contributed by atoms with Crippen LogP contribution >= 0.6 is 11.8 Å². The minimum atomic E-state index is -0.905. The van der Waals surface area contributed by atoms with Crippen molar-refractivity contribution < 1.29 is 14.4 Å². The van der Waals surface area contributed by atoms with Crippen molar-refractivity contribution in [3.05, 3.63) is 0 Å². The number of hydrogen-bond donors (Lipinski definition) is 1. The van der Waals surface area contributed by atoms with E-state index >= 15 is 0 Å². The third-order valence-electron chi connectivity index (χ3n) is 1.10. The third kappa shape index (κ3) is 2.39. The van der Waals surface area contributed by atoms with Gasteiger partial charge in [-0.1, -0.05) is 16.9 Å². The molecule has 1 rings (SSSR count). The van der Waals surface area contributed by atoms with E-state index in [1.165, 1.54) is 11.8 Å². The highest BCUT2D eigenvalue weighted by Crippen LogP contribution is 2.19. The minimum Gasteiger partial charge on any atom is -0.361 e. The molecule has 1 fully saturated rings. The molecule has 1 unspecified atom stereocenters. The molecule has 1 aliphatic rings. The number of nitrogens with zero attached hydrogens (tertiary/aromatic N) is 1. The van der Waals surface area contributed by atoms with Crippen LogP contribution in [0.5, 0.6) is 0 Å². The van der Waals surface area contributed by atoms with Gasteiger partial charge in [-0.2, -0.15) is 0 Å². The SMILES string of the molecule is CC1OCS/C1=N/OC(N)=O. The molecule has 0 aromatic carbocycles. The van der Waals surface area contributed by atoms with Crippen molar-refractivity contribution in [2.24, 2.45) is 10.9 Å². The first kappa shape index (κ1) is 8.35. The molecule has 1 heterocycles. The Balaban J connectivity index is 2.45. The molecular weight excluding hydrogens is 168 g/mol. The molecule has 0 radical (unpaired) electrons. The molecule has 0 saturated carbocycles. The fraction of sp³-hybridized carbons (Fsp3) is 0.600. The van der Waals surface area contributed by atoms with Gasteiger partial charge in [0.05, 0.1) is 5.94 Å². The van der Waals surface area contributed by atoms with Crippen LogP contribution in [0.3, 0.4) is 0 Å². The van der Waals surface area contributed by atoms with Crippen LogP contribution in [0, 0.1) is 0 Å². The Labute approximate surface area is 67.9 Å². The van der Waals surface area contributed by atoms with Gasteiger partial charge >= 0.3 is 6.09 Å². The zero-order valence-electron chi connectivity index (χ0n) is 5.94. The summed E-state index contributed by atoms with van der Waals surface area (Å²) in [5.74, 6) is 0.544. The Morgan fingerprint density at radius 1 is 2.00 bits per heavy atom. The van der Waals surface area contributed by atoms with Gasteiger partial charge in [-0.05, 0) is 6.92 Å². The Morgan fingerprint density at radius 3 is 3.18 bits per heavy atom. The molecule has 62 valence electrons. The zero-order chi connectivity index (χ0) is 8.27. The average Bonchev–Trinajstić information content (AvgIpc) is 2.31. The summed E-state index contributed by atoms with van der Waals surface area (Å²) in [5, 5.41) is 4.13. The summed E-state index contributed by atoms with van der Waals surface area (Å²) in [6.45, 7) is 1.82. The van der Waals surface area contributed by atoms with E-state index in [2.05, 4.69) is 9.99 Å². The second-order valence-corrected chi connectivity index (χ2v) is 2.85. The normalized spacial score (nSPS) is 27.4. The minimum absolute atomic E-state index is 0.0978. The van der Waals surface area contributed by atoms with Crippen molar-refractivity contribution in [1.82, 2.24) is 0 Å². The lowest BCUT2D eigenvalue weighted by atomic mass is 10.4. The van der Waals surface area contributed by atoms with Gasteiger partial charge in [0.25, 0.3) is 0 Å². The fourth-order valence-electron chi connectivity index (χ4n) is 0.576. The molecule has 11 heavy (non-hydrogen) atoms. The van der Waals surface area contributed by atoms with Crippen molar-refractivity contribution >= 4 is 22.9 Å². The number of nitrogens with two attached hydrogens (primary N) is 1. The Morgan fingerprint density at radius 2 is 2.73 bits per heavy atom. The molecule has 0 aromatic rings.